The maximum absolute atomic E-state index is 11.8. The molecule has 0 bridgehead atoms. The van der Waals surface area contributed by atoms with Gasteiger partial charge in [0, 0.05) is 10.9 Å². The minimum absolute atomic E-state index is 0.00675. The molecule has 0 aliphatic carbocycles. The molecule has 0 aliphatic heterocycles. The predicted molar refractivity (Wildman–Crippen MR) is 106 cm³/mol. The van der Waals surface area contributed by atoms with Crippen LogP contribution < -0.4 is 5.43 Å². The third kappa shape index (κ3) is 9.86. The average molecular weight is 395 g/mol. The van der Waals surface area contributed by atoms with E-state index in [0.29, 0.717) is 6.42 Å². The topological polar surface area (TPSA) is 41.5 Å². The number of hydrogen-bond donors (Lipinski definition) is 1. The van der Waals surface area contributed by atoms with Crippen LogP contribution >= 0.6 is 15.9 Å². The number of rotatable bonds is 12. The summed E-state index contributed by atoms with van der Waals surface area (Å²) in [6.45, 7) is 4.15. The molecule has 4 heteroatoms. The van der Waals surface area contributed by atoms with E-state index >= 15 is 0 Å². The zero-order valence-corrected chi connectivity index (χ0v) is 16.7. The van der Waals surface area contributed by atoms with Crippen molar-refractivity contribution in [2.24, 2.45) is 5.10 Å². The van der Waals surface area contributed by atoms with E-state index in [2.05, 4.69) is 33.4 Å². The monoisotopic (exact) mass is 394 g/mol. The zero-order chi connectivity index (χ0) is 17.6. The lowest BCUT2D eigenvalue weighted by molar-refractivity contribution is -0.121. The van der Waals surface area contributed by atoms with E-state index in [1.807, 2.05) is 31.2 Å². The Bertz CT molecular complexity index is 514. The second-order valence-corrected chi connectivity index (χ2v) is 7.24. The summed E-state index contributed by atoms with van der Waals surface area (Å²) in [6, 6.07) is 7.91. The smallest absolute Gasteiger partial charge is 0.240 e. The lowest BCUT2D eigenvalue weighted by Crippen LogP contribution is -2.18. The number of nitrogens with one attached hydrogen (secondary N) is 1. The van der Waals surface area contributed by atoms with Crippen LogP contribution in [0.2, 0.25) is 0 Å². The van der Waals surface area contributed by atoms with Gasteiger partial charge in [0.2, 0.25) is 5.91 Å². The first-order valence-electron chi connectivity index (χ1n) is 9.22. The van der Waals surface area contributed by atoms with Gasteiger partial charge in [-0.05, 0) is 31.0 Å². The van der Waals surface area contributed by atoms with Crippen LogP contribution in [0.15, 0.2) is 33.8 Å². The van der Waals surface area contributed by atoms with Crippen LogP contribution in [0.3, 0.4) is 0 Å². The van der Waals surface area contributed by atoms with Gasteiger partial charge in [-0.15, -0.1) is 0 Å². The summed E-state index contributed by atoms with van der Waals surface area (Å²) in [5.41, 5.74) is 4.48. The van der Waals surface area contributed by atoms with Crippen molar-refractivity contribution in [2.75, 3.05) is 0 Å². The van der Waals surface area contributed by atoms with Crippen LogP contribution in [0.5, 0.6) is 0 Å². The molecule has 3 nitrogen and oxygen atoms in total. The van der Waals surface area contributed by atoms with Gasteiger partial charge in [0.05, 0.1) is 5.71 Å². The first-order chi connectivity index (χ1) is 11.6. The van der Waals surface area contributed by atoms with E-state index in [4.69, 9.17) is 0 Å². The molecule has 0 saturated heterocycles. The van der Waals surface area contributed by atoms with Crippen LogP contribution in [0.4, 0.5) is 0 Å². The number of hydrogen-bond acceptors (Lipinski definition) is 2. The van der Waals surface area contributed by atoms with Gasteiger partial charge in [-0.25, -0.2) is 5.43 Å². The molecule has 0 radical (unpaired) electrons. The van der Waals surface area contributed by atoms with E-state index in [-0.39, 0.29) is 5.91 Å². The van der Waals surface area contributed by atoms with Crippen molar-refractivity contribution in [3.8, 4) is 0 Å². The second kappa shape index (κ2) is 13.2. The summed E-state index contributed by atoms with van der Waals surface area (Å²) < 4.78 is 1.01. The van der Waals surface area contributed by atoms with Crippen molar-refractivity contribution >= 4 is 27.5 Å². The Labute approximate surface area is 155 Å². The van der Waals surface area contributed by atoms with Gasteiger partial charge >= 0.3 is 0 Å². The largest absolute Gasteiger partial charge is 0.273 e. The lowest BCUT2D eigenvalue weighted by atomic mass is 10.1. The first-order valence-corrected chi connectivity index (χ1v) is 10.0. The summed E-state index contributed by atoms with van der Waals surface area (Å²) in [4.78, 5) is 11.8. The molecule has 1 amide bonds. The van der Waals surface area contributed by atoms with E-state index in [1.54, 1.807) is 0 Å². The molecule has 0 spiro atoms. The Kier molecular flexibility index (Phi) is 11.5. The number of amides is 1. The highest BCUT2D eigenvalue weighted by atomic mass is 79.9. The Balaban J connectivity index is 2.10. The van der Waals surface area contributed by atoms with Crippen LogP contribution in [0.1, 0.15) is 83.6 Å². The lowest BCUT2D eigenvalue weighted by Gasteiger charge is -2.04. The fourth-order valence-corrected chi connectivity index (χ4v) is 2.98. The molecule has 0 atom stereocenters. The average Bonchev–Trinajstić information content (AvgIpc) is 2.58. The van der Waals surface area contributed by atoms with Crippen LogP contribution in [-0.2, 0) is 4.79 Å². The van der Waals surface area contributed by atoms with Crippen molar-refractivity contribution in [3.63, 3.8) is 0 Å². The maximum atomic E-state index is 11.8. The highest BCUT2D eigenvalue weighted by molar-refractivity contribution is 9.10. The Morgan fingerprint density at radius 1 is 1.04 bits per heavy atom. The number of benzene rings is 1. The minimum Gasteiger partial charge on any atom is -0.273 e. The number of carbonyl (C=O) groups is 1. The Hall–Kier alpha value is -1.16. The van der Waals surface area contributed by atoms with Crippen LogP contribution in [0, 0.1) is 0 Å². The standard InChI is InChI=1S/C20H31BrN2O/c1-3-4-5-6-7-8-9-10-11-15-20(24)23-22-17(2)18-13-12-14-19(21)16-18/h12-14,16H,3-11,15H2,1-2H3,(H,23,24)/b22-17+. The van der Waals surface area contributed by atoms with Crippen LogP contribution in [0.25, 0.3) is 0 Å². The van der Waals surface area contributed by atoms with Gasteiger partial charge in [-0.2, -0.15) is 5.10 Å². The first kappa shape index (κ1) is 20.9. The Morgan fingerprint density at radius 2 is 1.67 bits per heavy atom. The normalized spacial score (nSPS) is 11.5. The molecule has 0 unspecified atom stereocenters. The molecule has 1 rings (SSSR count). The van der Waals surface area contributed by atoms with Gasteiger partial charge in [-0.1, -0.05) is 86.4 Å². The van der Waals surface area contributed by atoms with Crippen molar-refractivity contribution in [1.82, 2.24) is 5.43 Å². The van der Waals surface area contributed by atoms with E-state index in [0.717, 1.165) is 28.6 Å². The fraction of sp³-hybridized carbons (Fsp3) is 0.600. The quantitative estimate of drug-likeness (QED) is 0.255. The summed E-state index contributed by atoms with van der Waals surface area (Å²) in [7, 11) is 0. The second-order valence-electron chi connectivity index (χ2n) is 6.32. The number of unbranched alkanes of at least 4 members (excludes halogenated alkanes) is 8. The van der Waals surface area contributed by atoms with Gasteiger partial charge < -0.3 is 0 Å². The molecule has 1 N–H and O–H groups in total. The van der Waals surface area contributed by atoms with Crippen molar-refractivity contribution in [1.29, 1.82) is 0 Å². The third-order valence-electron chi connectivity index (χ3n) is 4.10. The van der Waals surface area contributed by atoms with Crippen LogP contribution in [-0.4, -0.2) is 11.6 Å². The number of nitrogens with zero attached hydrogens (tertiary/aromatic N) is 1. The van der Waals surface area contributed by atoms with Gasteiger partial charge in [0.25, 0.3) is 0 Å². The van der Waals surface area contributed by atoms with Crippen molar-refractivity contribution < 1.29 is 4.79 Å². The van der Waals surface area contributed by atoms with Crippen molar-refractivity contribution in [2.45, 2.75) is 78.1 Å². The molecule has 134 valence electrons. The summed E-state index contributed by atoms with van der Waals surface area (Å²) in [5, 5.41) is 4.19. The third-order valence-corrected chi connectivity index (χ3v) is 4.59. The molecule has 1 aromatic rings. The fourth-order valence-electron chi connectivity index (χ4n) is 2.58. The van der Waals surface area contributed by atoms with Gasteiger partial charge in [0.15, 0.2) is 0 Å². The summed E-state index contributed by atoms with van der Waals surface area (Å²) >= 11 is 3.44. The zero-order valence-electron chi connectivity index (χ0n) is 15.1. The molecule has 1 aromatic carbocycles. The van der Waals surface area contributed by atoms with Gasteiger partial charge in [-0.3, -0.25) is 4.79 Å². The predicted octanol–water partition coefficient (Wildman–Crippen LogP) is 6.21. The molecule has 0 saturated carbocycles. The number of hydrazone groups is 1. The van der Waals surface area contributed by atoms with E-state index in [1.165, 1.54) is 44.9 Å². The van der Waals surface area contributed by atoms with Gasteiger partial charge in [0.1, 0.15) is 0 Å². The number of halogens is 1. The van der Waals surface area contributed by atoms with E-state index in [9.17, 15) is 4.79 Å². The SMILES string of the molecule is CCCCCCCCCCCC(=O)N/N=C(\C)c1cccc(Br)c1. The minimum atomic E-state index is 0.00675. The Morgan fingerprint density at radius 3 is 2.29 bits per heavy atom. The number of carbonyl (C=O) groups excluding carboxylic acids is 1. The molecule has 24 heavy (non-hydrogen) atoms. The highest BCUT2D eigenvalue weighted by Crippen LogP contribution is 2.12. The maximum Gasteiger partial charge on any atom is 0.240 e. The van der Waals surface area contributed by atoms with Crippen molar-refractivity contribution in [3.05, 3.63) is 34.3 Å². The summed E-state index contributed by atoms with van der Waals surface area (Å²) in [5.74, 6) is 0.00675. The molecular weight excluding hydrogens is 364 g/mol. The highest BCUT2D eigenvalue weighted by Gasteiger charge is 2.02. The molecular formula is C20H31BrN2O. The molecule has 0 aliphatic rings. The molecule has 0 fully saturated rings. The summed E-state index contributed by atoms with van der Waals surface area (Å²) in [6.07, 6.45) is 11.9. The molecule has 0 heterocycles. The molecule has 0 aromatic heterocycles. The van der Waals surface area contributed by atoms with E-state index < -0.39 is 0 Å².